The van der Waals surface area contributed by atoms with Crippen LogP contribution in [0.15, 0.2) is 9.59 Å². The fourth-order valence-corrected chi connectivity index (χ4v) is 3.71. The van der Waals surface area contributed by atoms with Gasteiger partial charge in [0.25, 0.3) is 5.56 Å². The van der Waals surface area contributed by atoms with E-state index in [4.69, 9.17) is 5.73 Å². The van der Waals surface area contributed by atoms with Gasteiger partial charge in [0.15, 0.2) is 0 Å². The summed E-state index contributed by atoms with van der Waals surface area (Å²) in [7, 11) is -0.754. The predicted molar refractivity (Wildman–Crippen MR) is 85.2 cm³/mol. The summed E-state index contributed by atoms with van der Waals surface area (Å²) in [5.74, 6) is 1.44. The minimum atomic E-state index is -0.754. The third-order valence-corrected chi connectivity index (χ3v) is 5.09. The maximum absolute atomic E-state index is 12.0. The van der Waals surface area contributed by atoms with Gasteiger partial charge in [-0.05, 0) is 19.3 Å². The van der Waals surface area contributed by atoms with Gasteiger partial charge in [0, 0.05) is 34.9 Å². The highest BCUT2D eigenvalue weighted by atomic mass is 32.2. The molecule has 0 unspecified atom stereocenters. The van der Waals surface area contributed by atoms with Gasteiger partial charge in [-0.25, -0.2) is 4.79 Å². The van der Waals surface area contributed by atoms with Crippen molar-refractivity contribution in [3.63, 3.8) is 0 Å². The molecule has 0 aliphatic carbocycles. The Balaban J connectivity index is 2.24. The Morgan fingerprint density at radius 2 is 2.05 bits per heavy atom. The van der Waals surface area contributed by atoms with Gasteiger partial charge < -0.3 is 11.1 Å². The Hall–Kier alpha value is -1.57. The molecule has 1 aromatic heterocycles. The summed E-state index contributed by atoms with van der Waals surface area (Å²) < 4.78 is 12.8. The van der Waals surface area contributed by atoms with E-state index in [1.54, 1.807) is 0 Å². The quantitative estimate of drug-likeness (QED) is 0.721. The van der Waals surface area contributed by atoms with Crippen LogP contribution in [0, 0.1) is 0 Å². The van der Waals surface area contributed by atoms with E-state index >= 15 is 0 Å². The first-order valence-corrected chi connectivity index (χ1v) is 8.75. The van der Waals surface area contributed by atoms with Crippen LogP contribution in [0.5, 0.6) is 0 Å². The molecule has 1 aliphatic heterocycles. The number of rotatable bonds is 5. The highest BCUT2D eigenvalue weighted by Gasteiger charge is 2.21. The minimum Gasteiger partial charge on any atom is -0.383 e. The average molecular weight is 314 g/mol. The Labute approximate surface area is 125 Å². The molecule has 0 aromatic carbocycles. The smallest absolute Gasteiger partial charge is 0.330 e. The number of aromatic amines is 1. The first-order chi connectivity index (χ1) is 10.0. The fourth-order valence-electron chi connectivity index (χ4n) is 2.41. The molecule has 0 saturated carbocycles. The number of nitrogens with one attached hydrogen (secondary N) is 2. The van der Waals surface area contributed by atoms with Crippen molar-refractivity contribution >= 4 is 22.3 Å². The Morgan fingerprint density at radius 3 is 2.67 bits per heavy atom. The molecule has 2 rings (SSSR count). The summed E-state index contributed by atoms with van der Waals surface area (Å²) >= 11 is 0. The van der Waals surface area contributed by atoms with Gasteiger partial charge in [-0.1, -0.05) is 13.3 Å². The zero-order chi connectivity index (χ0) is 15.4. The Bertz CT molecular complexity index is 627. The van der Waals surface area contributed by atoms with Crippen LogP contribution in [0.1, 0.15) is 32.6 Å². The molecule has 1 saturated heterocycles. The van der Waals surface area contributed by atoms with Crippen molar-refractivity contribution in [1.29, 1.82) is 0 Å². The first-order valence-electron chi connectivity index (χ1n) is 7.27. The van der Waals surface area contributed by atoms with Gasteiger partial charge in [-0.2, -0.15) is 0 Å². The lowest BCUT2D eigenvalue weighted by Crippen LogP contribution is -2.37. The van der Waals surface area contributed by atoms with E-state index in [1.807, 2.05) is 6.92 Å². The third kappa shape index (κ3) is 3.75. The third-order valence-electron chi connectivity index (χ3n) is 3.71. The fraction of sp³-hybridized carbons (Fsp3) is 0.692. The summed E-state index contributed by atoms with van der Waals surface area (Å²) in [4.78, 5) is 26.1. The molecule has 0 amide bonds. The lowest BCUT2D eigenvalue weighted by Gasteiger charge is -2.24. The average Bonchev–Trinajstić information content (AvgIpc) is 2.45. The largest absolute Gasteiger partial charge is 0.383 e. The van der Waals surface area contributed by atoms with Gasteiger partial charge >= 0.3 is 5.69 Å². The maximum atomic E-state index is 12.0. The van der Waals surface area contributed by atoms with E-state index in [0.717, 1.165) is 25.7 Å². The SMILES string of the molecule is CCCCn1c(N)c(NC2CCS(=O)CC2)c(=O)[nH]c1=O. The molecule has 4 N–H and O–H groups in total. The molecule has 21 heavy (non-hydrogen) atoms. The van der Waals surface area contributed by atoms with Crippen LogP contribution < -0.4 is 22.3 Å². The van der Waals surface area contributed by atoms with Crippen molar-refractivity contribution in [2.75, 3.05) is 22.6 Å². The van der Waals surface area contributed by atoms with E-state index in [2.05, 4.69) is 10.3 Å². The maximum Gasteiger partial charge on any atom is 0.330 e. The van der Waals surface area contributed by atoms with E-state index in [-0.39, 0.29) is 17.5 Å². The monoisotopic (exact) mass is 314 g/mol. The van der Waals surface area contributed by atoms with Crippen molar-refractivity contribution in [2.45, 2.75) is 45.2 Å². The second kappa shape index (κ2) is 6.93. The van der Waals surface area contributed by atoms with Crippen LogP contribution in [0.3, 0.4) is 0 Å². The normalized spacial score (nSPS) is 22.1. The van der Waals surface area contributed by atoms with Crippen molar-refractivity contribution in [2.24, 2.45) is 0 Å². The van der Waals surface area contributed by atoms with Gasteiger partial charge in [-0.15, -0.1) is 0 Å². The second-order valence-corrected chi connectivity index (χ2v) is 6.99. The van der Waals surface area contributed by atoms with E-state index in [9.17, 15) is 13.8 Å². The van der Waals surface area contributed by atoms with Crippen LogP contribution in [-0.2, 0) is 17.3 Å². The molecule has 0 spiro atoms. The molecule has 8 heteroatoms. The zero-order valence-electron chi connectivity index (χ0n) is 12.2. The molecule has 1 aliphatic rings. The van der Waals surface area contributed by atoms with Gasteiger partial charge in [0.1, 0.15) is 11.5 Å². The molecule has 1 aromatic rings. The molecular weight excluding hydrogens is 292 g/mol. The first kappa shape index (κ1) is 15.8. The summed E-state index contributed by atoms with van der Waals surface area (Å²) in [6, 6.07) is 0.0724. The molecule has 2 heterocycles. The number of anilines is 2. The number of unbranched alkanes of at least 4 members (excludes halogenated alkanes) is 1. The van der Waals surface area contributed by atoms with Crippen molar-refractivity contribution < 1.29 is 4.21 Å². The molecule has 0 bridgehead atoms. The van der Waals surface area contributed by atoms with Crippen molar-refractivity contribution in [3.05, 3.63) is 20.8 Å². The van der Waals surface area contributed by atoms with Crippen LogP contribution in [-0.4, -0.2) is 31.3 Å². The number of aromatic nitrogens is 2. The highest BCUT2D eigenvalue weighted by Crippen LogP contribution is 2.17. The summed E-state index contributed by atoms with van der Waals surface area (Å²) in [5, 5.41) is 3.12. The standard InChI is InChI=1S/C13H22N4O3S/c1-2-3-6-17-11(14)10(12(18)16-13(17)19)15-9-4-7-21(20)8-5-9/h9,15H,2-8,14H2,1H3,(H,16,18,19). The number of nitrogens with two attached hydrogens (primary N) is 1. The summed E-state index contributed by atoms with van der Waals surface area (Å²) in [6.45, 7) is 2.51. The highest BCUT2D eigenvalue weighted by molar-refractivity contribution is 7.85. The van der Waals surface area contributed by atoms with Crippen molar-refractivity contribution in [3.8, 4) is 0 Å². The van der Waals surface area contributed by atoms with Crippen LogP contribution in [0.4, 0.5) is 11.5 Å². The summed E-state index contributed by atoms with van der Waals surface area (Å²) in [5.41, 5.74) is 5.28. The van der Waals surface area contributed by atoms with Crippen LogP contribution in [0.25, 0.3) is 0 Å². The number of H-pyrrole nitrogens is 1. The zero-order valence-corrected chi connectivity index (χ0v) is 13.0. The topological polar surface area (TPSA) is 110 Å². The number of nitrogen functional groups attached to an aromatic ring is 1. The van der Waals surface area contributed by atoms with E-state index in [1.165, 1.54) is 4.57 Å². The van der Waals surface area contributed by atoms with Gasteiger partial charge in [-0.3, -0.25) is 18.6 Å². The van der Waals surface area contributed by atoms with Gasteiger partial charge in [0.2, 0.25) is 0 Å². The summed E-state index contributed by atoms with van der Waals surface area (Å²) in [6.07, 6.45) is 3.22. The van der Waals surface area contributed by atoms with Gasteiger partial charge in [0.05, 0.1) is 0 Å². The lowest BCUT2D eigenvalue weighted by atomic mass is 10.1. The van der Waals surface area contributed by atoms with Crippen molar-refractivity contribution in [1.82, 2.24) is 9.55 Å². The predicted octanol–water partition coefficient (Wildman–Crippen LogP) is 0.242. The molecule has 0 atom stereocenters. The molecule has 1 fully saturated rings. The minimum absolute atomic E-state index is 0.0724. The molecular formula is C13H22N4O3S. The Morgan fingerprint density at radius 1 is 1.38 bits per heavy atom. The van der Waals surface area contributed by atoms with Crippen LogP contribution in [0.2, 0.25) is 0 Å². The van der Waals surface area contributed by atoms with Crippen LogP contribution >= 0.6 is 0 Å². The van der Waals surface area contributed by atoms with E-state index < -0.39 is 22.0 Å². The number of nitrogens with zero attached hydrogens (tertiary/aromatic N) is 1. The molecule has 118 valence electrons. The molecule has 7 nitrogen and oxygen atoms in total. The Kier molecular flexibility index (Phi) is 5.22. The second-order valence-electron chi connectivity index (χ2n) is 5.29. The van der Waals surface area contributed by atoms with E-state index in [0.29, 0.717) is 18.1 Å². The number of hydrogen-bond donors (Lipinski definition) is 3. The molecule has 0 radical (unpaired) electrons. The lowest BCUT2D eigenvalue weighted by molar-refractivity contribution is 0.599. The number of hydrogen-bond acceptors (Lipinski definition) is 5.